The Labute approximate surface area is 292 Å². The van der Waals surface area contributed by atoms with Gasteiger partial charge in [-0.3, -0.25) is 0 Å². The number of thiophene rings is 1. The summed E-state index contributed by atoms with van der Waals surface area (Å²) in [6, 6.07) is 59.8. The second kappa shape index (κ2) is 11.6. The molecule has 0 fully saturated rings. The van der Waals surface area contributed by atoms with Gasteiger partial charge in [0.15, 0.2) is 17.5 Å². The largest absolute Gasteiger partial charge is 0.309 e. The summed E-state index contributed by atoms with van der Waals surface area (Å²) in [4.78, 5) is 15.1. The van der Waals surface area contributed by atoms with Crippen molar-refractivity contribution in [1.29, 1.82) is 0 Å². The molecule has 234 valence electrons. The molecule has 0 saturated carbocycles. The highest BCUT2D eigenvalue weighted by Gasteiger charge is 2.16. The van der Waals surface area contributed by atoms with Crippen molar-refractivity contribution in [2.75, 3.05) is 0 Å². The SMILES string of the molecule is c1ccc(-c2nc(-c3cccc(-c4ccc5c(c4)c4ccccc4n5-c4ccccc4)c3)nc(-c3ccc4c(c3)sc3ccccc34)n2)cc1. The molecular weight excluding hydrogens is 629 g/mol. The van der Waals surface area contributed by atoms with Crippen LogP contribution in [0.3, 0.4) is 0 Å². The summed E-state index contributed by atoms with van der Waals surface area (Å²) in [6.45, 7) is 0. The van der Waals surface area contributed by atoms with Crippen molar-refractivity contribution in [3.63, 3.8) is 0 Å². The fourth-order valence-corrected chi connectivity index (χ4v) is 8.21. The fourth-order valence-electron chi connectivity index (χ4n) is 7.06. The Balaban J connectivity index is 1.11. The molecule has 5 heteroatoms. The molecule has 50 heavy (non-hydrogen) atoms. The zero-order valence-electron chi connectivity index (χ0n) is 26.9. The van der Waals surface area contributed by atoms with E-state index in [-0.39, 0.29) is 0 Å². The molecule has 0 aliphatic heterocycles. The molecule has 0 spiro atoms. The van der Waals surface area contributed by atoms with Gasteiger partial charge in [-0.15, -0.1) is 11.3 Å². The number of rotatable bonds is 5. The zero-order chi connectivity index (χ0) is 33.0. The van der Waals surface area contributed by atoms with Crippen LogP contribution in [0.15, 0.2) is 170 Å². The van der Waals surface area contributed by atoms with Crippen molar-refractivity contribution in [3.8, 4) is 51.0 Å². The van der Waals surface area contributed by atoms with E-state index in [0.717, 1.165) is 33.5 Å². The molecule has 4 nitrogen and oxygen atoms in total. The first-order chi connectivity index (χ1) is 24.8. The second-order valence-corrected chi connectivity index (χ2v) is 13.6. The van der Waals surface area contributed by atoms with Crippen molar-refractivity contribution in [2.45, 2.75) is 0 Å². The summed E-state index contributed by atoms with van der Waals surface area (Å²) in [7, 11) is 0. The molecule has 0 unspecified atom stereocenters. The lowest BCUT2D eigenvalue weighted by Crippen LogP contribution is -2.00. The van der Waals surface area contributed by atoms with Crippen LogP contribution < -0.4 is 0 Å². The average Bonchev–Trinajstić information content (AvgIpc) is 3.73. The van der Waals surface area contributed by atoms with Gasteiger partial charge >= 0.3 is 0 Å². The minimum absolute atomic E-state index is 0.647. The van der Waals surface area contributed by atoms with Crippen LogP contribution >= 0.6 is 11.3 Å². The van der Waals surface area contributed by atoms with Crippen molar-refractivity contribution in [3.05, 3.63) is 170 Å². The predicted molar refractivity (Wildman–Crippen MR) is 209 cm³/mol. The van der Waals surface area contributed by atoms with E-state index in [0.29, 0.717) is 17.5 Å². The van der Waals surface area contributed by atoms with Gasteiger partial charge in [0.1, 0.15) is 0 Å². The molecule has 0 aliphatic carbocycles. The van der Waals surface area contributed by atoms with Gasteiger partial charge in [0.2, 0.25) is 0 Å². The summed E-state index contributed by atoms with van der Waals surface area (Å²) < 4.78 is 4.84. The van der Waals surface area contributed by atoms with Gasteiger partial charge in [-0.1, -0.05) is 121 Å². The Morgan fingerprint density at radius 1 is 0.340 bits per heavy atom. The highest BCUT2D eigenvalue weighted by Crippen LogP contribution is 2.38. The van der Waals surface area contributed by atoms with E-state index < -0.39 is 0 Å². The number of benzene rings is 7. The van der Waals surface area contributed by atoms with Crippen LogP contribution in [0.25, 0.3) is 93.0 Å². The Morgan fingerprint density at radius 3 is 1.72 bits per heavy atom. The van der Waals surface area contributed by atoms with E-state index in [9.17, 15) is 0 Å². The lowest BCUT2D eigenvalue weighted by Gasteiger charge is -2.10. The van der Waals surface area contributed by atoms with Crippen molar-refractivity contribution >= 4 is 53.3 Å². The maximum Gasteiger partial charge on any atom is 0.164 e. The molecule has 0 radical (unpaired) electrons. The Bertz CT molecular complexity index is 2870. The van der Waals surface area contributed by atoms with Crippen molar-refractivity contribution in [1.82, 2.24) is 19.5 Å². The fraction of sp³-hybridized carbons (Fsp3) is 0. The van der Waals surface area contributed by atoms with Gasteiger partial charge < -0.3 is 4.57 Å². The number of hydrogen-bond donors (Lipinski definition) is 0. The van der Waals surface area contributed by atoms with Gasteiger partial charge in [0.25, 0.3) is 0 Å². The summed E-state index contributed by atoms with van der Waals surface area (Å²) in [5.41, 5.74) is 8.65. The Hall–Kier alpha value is -6.43. The molecule has 0 aliphatic rings. The average molecular weight is 657 g/mol. The third-order valence-corrected chi connectivity index (χ3v) is 10.6. The third-order valence-electron chi connectivity index (χ3n) is 9.45. The first-order valence-corrected chi connectivity index (χ1v) is 17.5. The number of hydrogen-bond acceptors (Lipinski definition) is 4. The molecule has 3 heterocycles. The molecule has 10 rings (SSSR count). The normalized spacial score (nSPS) is 11.6. The van der Waals surface area contributed by atoms with E-state index in [1.807, 2.05) is 18.2 Å². The maximum absolute atomic E-state index is 5.10. The Morgan fingerprint density at radius 2 is 0.900 bits per heavy atom. The summed E-state index contributed by atoms with van der Waals surface area (Å²) >= 11 is 1.80. The van der Waals surface area contributed by atoms with E-state index in [1.54, 1.807) is 11.3 Å². The standard InChI is InChI=1S/C45H28N4S/c1-3-12-29(13-4-1)43-46-44(48-45(47-43)33-22-24-37-36-19-8-10-21-41(36)50-42(37)28-33)32-15-11-14-30(26-32)31-23-25-40-38(27-31)35-18-7-9-20-39(35)49(40)34-16-5-2-6-17-34/h1-28H. The van der Waals surface area contributed by atoms with E-state index in [4.69, 9.17) is 15.0 Å². The van der Waals surface area contributed by atoms with Gasteiger partial charge in [0, 0.05) is 53.3 Å². The van der Waals surface area contributed by atoms with Gasteiger partial charge in [-0.25, -0.2) is 15.0 Å². The molecule has 10 aromatic rings. The highest BCUT2D eigenvalue weighted by molar-refractivity contribution is 7.25. The summed E-state index contributed by atoms with van der Waals surface area (Å²) in [5.74, 6) is 1.96. The Kier molecular flexibility index (Phi) is 6.64. The summed E-state index contributed by atoms with van der Waals surface area (Å²) in [5, 5.41) is 4.98. The van der Waals surface area contributed by atoms with Crippen LogP contribution in [-0.4, -0.2) is 19.5 Å². The lowest BCUT2D eigenvalue weighted by atomic mass is 10.0. The molecule has 0 bridgehead atoms. The number of aromatic nitrogens is 4. The zero-order valence-corrected chi connectivity index (χ0v) is 27.7. The molecule has 0 saturated heterocycles. The van der Waals surface area contributed by atoms with Gasteiger partial charge in [-0.2, -0.15) is 0 Å². The van der Waals surface area contributed by atoms with E-state index in [1.165, 1.54) is 42.0 Å². The topological polar surface area (TPSA) is 43.6 Å². The smallest absolute Gasteiger partial charge is 0.164 e. The predicted octanol–water partition coefficient (Wildman–Crippen LogP) is 12.0. The molecule has 3 aromatic heterocycles. The van der Waals surface area contributed by atoms with Crippen LogP contribution in [0, 0.1) is 0 Å². The number of fused-ring (bicyclic) bond motifs is 6. The minimum atomic E-state index is 0.647. The van der Waals surface area contributed by atoms with E-state index >= 15 is 0 Å². The first kappa shape index (κ1) is 28.6. The lowest BCUT2D eigenvalue weighted by molar-refractivity contribution is 1.07. The first-order valence-electron chi connectivity index (χ1n) is 16.7. The van der Waals surface area contributed by atoms with Crippen LogP contribution in [0.4, 0.5) is 0 Å². The maximum atomic E-state index is 5.10. The molecule has 0 N–H and O–H groups in total. The third kappa shape index (κ3) is 4.79. The van der Waals surface area contributed by atoms with Gasteiger partial charge in [0.05, 0.1) is 11.0 Å². The van der Waals surface area contributed by atoms with Crippen LogP contribution in [-0.2, 0) is 0 Å². The van der Waals surface area contributed by atoms with Gasteiger partial charge in [-0.05, 0) is 59.7 Å². The van der Waals surface area contributed by atoms with E-state index in [2.05, 4.69) is 156 Å². The monoisotopic (exact) mass is 656 g/mol. The number of nitrogens with zero attached hydrogens (tertiary/aromatic N) is 4. The number of para-hydroxylation sites is 2. The quantitative estimate of drug-likeness (QED) is 0.185. The summed E-state index contributed by atoms with van der Waals surface area (Å²) in [6.07, 6.45) is 0. The molecular formula is C45H28N4S. The highest BCUT2D eigenvalue weighted by atomic mass is 32.1. The second-order valence-electron chi connectivity index (χ2n) is 12.5. The van der Waals surface area contributed by atoms with Crippen LogP contribution in [0.1, 0.15) is 0 Å². The molecule has 7 aromatic carbocycles. The molecule has 0 atom stereocenters. The minimum Gasteiger partial charge on any atom is -0.309 e. The molecule has 0 amide bonds. The van der Waals surface area contributed by atoms with Crippen molar-refractivity contribution in [2.24, 2.45) is 0 Å². The van der Waals surface area contributed by atoms with Crippen LogP contribution in [0.5, 0.6) is 0 Å². The van der Waals surface area contributed by atoms with Crippen molar-refractivity contribution < 1.29 is 0 Å². The van der Waals surface area contributed by atoms with Crippen LogP contribution in [0.2, 0.25) is 0 Å².